The Balaban J connectivity index is 2.61. The van der Waals surface area contributed by atoms with E-state index in [1.165, 1.54) is 39.7 Å². The topological polar surface area (TPSA) is 114 Å². The number of ether oxygens (including phenoxy) is 2. The van der Waals surface area contributed by atoms with E-state index in [0.29, 0.717) is 18.0 Å². The molecule has 8 nitrogen and oxygen atoms in total. The van der Waals surface area contributed by atoms with Gasteiger partial charge in [-0.1, -0.05) is 39.0 Å². The van der Waals surface area contributed by atoms with Crippen molar-refractivity contribution in [2.24, 2.45) is 0 Å². The Kier molecular flexibility index (Phi) is 11.0. The molecule has 0 bridgehead atoms. The number of methoxy groups -OCH3 is 1. The van der Waals surface area contributed by atoms with E-state index in [9.17, 15) is 14.4 Å². The van der Waals surface area contributed by atoms with Gasteiger partial charge in [-0.15, -0.1) is 0 Å². The molecule has 166 valence electrons. The third kappa shape index (κ3) is 9.45. The Labute approximate surface area is 177 Å². The molecule has 1 atom stereocenters. The number of benzene rings is 1. The summed E-state index contributed by atoms with van der Waals surface area (Å²) in [6.45, 7) is 4.17. The molecule has 0 aromatic heterocycles. The average Bonchev–Trinajstić information content (AvgIpc) is 2.72. The summed E-state index contributed by atoms with van der Waals surface area (Å²) in [4.78, 5) is 35.0. The number of unbranched alkanes of at least 4 members (excludes halogenated alkanes) is 5. The molecule has 2 amide bonds. The first-order valence-electron chi connectivity index (χ1n) is 10.1. The third-order valence-corrected chi connectivity index (χ3v) is 4.47. The van der Waals surface area contributed by atoms with E-state index in [4.69, 9.17) is 9.84 Å². The number of rotatable bonds is 13. The summed E-state index contributed by atoms with van der Waals surface area (Å²) in [5.74, 6) is -0.655. The predicted octanol–water partition coefficient (Wildman–Crippen LogP) is 4.12. The Bertz CT molecular complexity index is 717. The molecular formula is C22H32N2O6. The first-order valence-corrected chi connectivity index (χ1v) is 10.1. The molecule has 1 aromatic rings. The van der Waals surface area contributed by atoms with E-state index in [1.807, 2.05) is 0 Å². The van der Waals surface area contributed by atoms with Crippen molar-refractivity contribution in [3.8, 4) is 5.75 Å². The van der Waals surface area contributed by atoms with Crippen molar-refractivity contribution in [2.45, 2.75) is 57.9 Å². The summed E-state index contributed by atoms with van der Waals surface area (Å²) in [6.07, 6.45) is 7.84. The lowest BCUT2D eigenvalue weighted by molar-refractivity contribution is -0.134. The van der Waals surface area contributed by atoms with Crippen LogP contribution in [-0.2, 0) is 14.3 Å². The predicted molar refractivity (Wildman–Crippen MR) is 115 cm³/mol. The van der Waals surface area contributed by atoms with Gasteiger partial charge < -0.3 is 25.2 Å². The molecule has 0 unspecified atom stereocenters. The minimum atomic E-state index is -1.66. The molecule has 1 aromatic carbocycles. The van der Waals surface area contributed by atoms with Gasteiger partial charge in [-0.05, 0) is 43.7 Å². The molecule has 0 aliphatic carbocycles. The van der Waals surface area contributed by atoms with Gasteiger partial charge in [0.1, 0.15) is 11.3 Å². The smallest absolute Gasteiger partial charge is 0.405 e. The van der Waals surface area contributed by atoms with E-state index in [1.54, 1.807) is 24.3 Å². The second-order valence-electron chi connectivity index (χ2n) is 7.08. The molecule has 0 aliphatic rings. The number of amides is 2. The van der Waals surface area contributed by atoms with Gasteiger partial charge in [-0.2, -0.15) is 0 Å². The maximum absolute atomic E-state index is 12.6. The molecular weight excluding hydrogens is 388 g/mol. The fraction of sp³-hybridized carbons (Fsp3) is 0.500. The van der Waals surface area contributed by atoms with Gasteiger partial charge >= 0.3 is 12.1 Å². The van der Waals surface area contributed by atoms with Crippen molar-refractivity contribution in [1.82, 2.24) is 5.32 Å². The van der Waals surface area contributed by atoms with Crippen LogP contribution in [0.2, 0.25) is 0 Å². The maximum atomic E-state index is 12.6. The number of hydrogen-bond donors (Lipinski definition) is 3. The first kappa shape index (κ1) is 25.0. The molecule has 0 fully saturated rings. The van der Waals surface area contributed by atoms with Crippen LogP contribution in [-0.4, -0.2) is 42.3 Å². The molecule has 3 N–H and O–H groups in total. The lowest BCUT2D eigenvalue weighted by Crippen LogP contribution is -2.53. The van der Waals surface area contributed by atoms with Gasteiger partial charge in [0.2, 0.25) is 0 Å². The number of carbonyl (C=O) groups is 3. The quantitative estimate of drug-likeness (QED) is 0.251. The Hall–Kier alpha value is -3.03. The summed E-state index contributed by atoms with van der Waals surface area (Å²) in [7, 11) is 1.19. The highest BCUT2D eigenvalue weighted by molar-refractivity contribution is 6.01. The van der Waals surface area contributed by atoms with Crippen LogP contribution in [0.15, 0.2) is 36.4 Å². The van der Waals surface area contributed by atoms with Crippen molar-refractivity contribution in [1.29, 1.82) is 0 Å². The van der Waals surface area contributed by atoms with Gasteiger partial charge in [0.05, 0.1) is 13.7 Å². The van der Waals surface area contributed by atoms with Gasteiger partial charge in [0.15, 0.2) is 0 Å². The van der Waals surface area contributed by atoms with Crippen molar-refractivity contribution in [3.05, 3.63) is 36.4 Å². The normalized spacial score (nSPS) is 12.8. The van der Waals surface area contributed by atoms with E-state index < -0.39 is 23.5 Å². The van der Waals surface area contributed by atoms with Crippen LogP contribution in [0.1, 0.15) is 52.4 Å². The number of esters is 1. The van der Waals surface area contributed by atoms with E-state index in [-0.39, 0.29) is 0 Å². The lowest BCUT2D eigenvalue weighted by Gasteiger charge is -2.24. The van der Waals surface area contributed by atoms with Gasteiger partial charge in [0.25, 0.3) is 5.91 Å². The second-order valence-corrected chi connectivity index (χ2v) is 7.08. The molecule has 0 heterocycles. The largest absolute Gasteiger partial charge is 0.494 e. The third-order valence-electron chi connectivity index (χ3n) is 4.47. The highest BCUT2D eigenvalue weighted by Gasteiger charge is 2.32. The summed E-state index contributed by atoms with van der Waals surface area (Å²) >= 11 is 0. The molecule has 0 spiro atoms. The highest BCUT2D eigenvalue weighted by Crippen LogP contribution is 2.18. The van der Waals surface area contributed by atoms with Gasteiger partial charge in [-0.25, -0.2) is 9.59 Å². The summed E-state index contributed by atoms with van der Waals surface area (Å²) in [6, 6.07) is 6.80. The zero-order valence-electron chi connectivity index (χ0n) is 17.9. The standard InChI is InChI=1S/C22H32N2O6/c1-4-5-6-7-8-9-16-30-18-12-10-17(11-13-18)23-20(26)22(2,24-21(27)28)15-14-19(25)29-3/h10-15,24H,4-9,16H2,1-3H3,(H,23,26)(H,27,28)/t22-/m0/s1. The number of carboxylic acid groups (broad SMARTS) is 1. The van der Waals surface area contributed by atoms with E-state index in [2.05, 4.69) is 22.3 Å². The number of nitrogens with one attached hydrogen (secondary N) is 2. The summed E-state index contributed by atoms with van der Waals surface area (Å²) in [5.41, 5.74) is -1.19. The van der Waals surface area contributed by atoms with Crippen LogP contribution in [0, 0.1) is 0 Å². The molecule has 0 saturated heterocycles. The minimum absolute atomic E-state index is 0.469. The molecule has 0 radical (unpaired) electrons. The van der Waals surface area contributed by atoms with Crippen LogP contribution in [0.5, 0.6) is 5.75 Å². The first-order chi connectivity index (χ1) is 14.3. The Morgan fingerprint density at radius 2 is 1.70 bits per heavy atom. The van der Waals surface area contributed by atoms with Gasteiger partial charge in [0, 0.05) is 11.8 Å². The molecule has 1 rings (SSSR count). The van der Waals surface area contributed by atoms with Gasteiger partial charge in [-0.3, -0.25) is 4.79 Å². The minimum Gasteiger partial charge on any atom is -0.494 e. The van der Waals surface area contributed by atoms with Crippen molar-refractivity contribution >= 4 is 23.7 Å². The van der Waals surface area contributed by atoms with Crippen LogP contribution < -0.4 is 15.4 Å². The van der Waals surface area contributed by atoms with Crippen LogP contribution in [0.25, 0.3) is 0 Å². The molecule has 0 aliphatic heterocycles. The van der Waals surface area contributed by atoms with E-state index in [0.717, 1.165) is 25.0 Å². The maximum Gasteiger partial charge on any atom is 0.405 e. The van der Waals surface area contributed by atoms with Crippen molar-refractivity contribution < 1.29 is 29.0 Å². The second kappa shape index (κ2) is 13.2. The fourth-order valence-corrected chi connectivity index (χ4v) is 2.67. The fourth-order valence-electron chi connectivity index (χ4n) is 2.67. The molecule has 30 heavy (non-hydrogen) atoms. The highest BCUT2D eigenvalue weighted by atomic mass is 16.5. The zero-order chi connectivity index (χ0) is 22.4. The zero-order valence-corrected chi connectivity index (χ0v) is 17.9. The Morgan fingerprint density at radius 1 is 1.07 bits per heavy atom. The van der Waals surface area contributed by atoms with Crippen LogP contribution in [0.3, 0.4) is 0 Å². The number of hydrogen-bond acceptors (Lipinski definition) is 5. The number of carbonyl (C=O) groups excluding carboxylic acids is 2. The molecule has 0 saturated carbocycles. The summed E-state index contributed by atoms with van der Waals surface area (Å²) in [5, 5.41) is 13.8. The SMILES string of the molecule is CCCCCCCCOc1ccc(NC(=O)[C@](C)(C=CC(=O)OC)NC(=O)O)cc1. The van der Waals surface area contributed by atoms with Crippen LogP contribution >= 0.6 is 0 Å². The number of anilines is 1. The Morgan fingerprint density at radius 3 is 2.30 bits per heavy atom. The van der Waals surface area contributed by atoms with Crippen molar-refractivity contribution in [2.75, 3.05) is 19.0 Å². The van der Waals surface area contributed by atoms with E-state index >= 15 is 0 Å². The summed E-state index contributed by atoms with van der Waals surface area (Å²) < 4.78 is 10.2. The monoisotopic (exact) mass is 420 g/mol. The molecule has 8 heteroatoms. The lowest BCUT2D eigenvalue weighted by atomic mass is 10.0. The van der Waals surface area contributed by atoms with Crippen molar-refractivity contribution in [3.63, 3.8) is 0 Å². The van der Waals surface area contributed by atoms with Crippen LogP contribution in [0.4, 0.5) is 10.5 Å². The average molecular weight is 421 g/mol.